The lowest BCUT2D eigenvalue weighted by Crippen LogP contribution is -2.10. The number of nitrogens with zero attached hydrogens (tertiary/aromatic N) is 1. The molecule has 112 valence electrons. The second kappa shape index (κ2) is 4.48. The molecule has 1 aliphatic rings. The highest BCUT2D eigenvalue weighted by atomic mass is 14.9. The van der Waals surface area contributed by atoms with Gasteiger partial charge in [-0.1, -0.05) is 48.0 Å². The summed E-state index contributed by atoms with van der Waals surface area (Å²) in [6, 6.07) is 20.2. The predicted octanol–water partition coefficient (Wildman–Crippen LogP) is 5.41. The average Bonchev–Trinajstić information content (AvgIpc) is 2.83. The quantitative estimate of drug-likeness (QED) is 0.443. The zero-order valence-electron chi connectivity index (χ0n) is 13.6. The number of hydrogen-bond acceptors (Lipinski definition) is 0. The van der Waals surface area contributed by atoms with Crippen LogP contribution in [0.3, 0.4) is 0 Å². The minimum absolute atomic E-state index is 1.21. The number of aryl methyl sites for hydroxylation is 3. The van der Waals surface area contributed by atoms with Gasteiger partial charge in [0.2, 0.25) is 0 Å². The van der Waals surface area contributed by atoms with Crippen LogP contribution in [0.25, 0.3) is 32.9 Å². The smallest absolute Gasteiger partial charge is 0.0498 e. The summed E-state index contributed by atoms with van der Waals surface area (Å²) in [7, 11) is 2.19. The third kappa shape index (κ3) is 1.68. The van der Waals surface area contributed by atoms with Gasteiger partial charge in [-0.15, -0.1) is 0 Å². The first-order valence-corrected chi connectivity index (χ1v) is 8.33. The summed E-state index contributed by atoms with van der Waals surface area (Å²) in [4.78, 5) is 0. The second-order valence-electron chi connectivity index (χ2n) is 6.73. The van der Waals surface area contributed by atoms with Gasteiger partial charge in [-0.25, -0.2) is 0 Å². The third-order valence-electron chi connectivity index (χ3n) is 5.39. The summed E-state index contributed by atoms with van der Waals surface area (Å²) >= 11 is 0. The van der Waals surface area contributed by atoms with E-state index in [0.717, 1.165) is 0 Å². The van der Waals surface area contributed by atoms with E-state index >= 15 is 0 Å². The van der Waals surface area contributed by atoms with Crippen LogP contribution in [-0.4, -0.2) is 4.57 Å². The molecule has 0 atom stereocenters. The molecular weight excluding hydrogens is 278 g/mol. The zero-order chi connectivity index (χ0) is 15.6. The fourth-order valence-corrected chi connectivity index (χ4v) is 4.04. The van der Waals surface area contributed by atoms with Crippen LogP contribution in [0.15, 0.2) is 54.6 Å². The molecule has 0 saturated carbocycles. The summed E-state index contributed by atoms with van der Waals surface area (Å²) in [5.74, 6) is 0. The molecule has 1 aliphatic carbocycles. The molecule has 0 N–H and O–H groups in total. The predicted molar refractivity (Wildman–Crippen MR) is 98.0 cm³/mol. The van der Waals surface area contributed by atoms with Crippen molar-refractivity contribution >= 4 is 21.8 Å². The molecule has 5 rings (SSSR count). The number of rotatable bonds is 1. The topological polar surface area (TPSA) is 4.93 Å². The van der Waals surface area contributed by atoms with Crippen molar-refractivity contribution in [2.24, 2.45) is 7.05 Å². The van der Waals surface area contributed by atoms with Gasteiger partial charge in [0, 0.05) is 28.9 Å². The Morgan fingerprint density at radius 1 is 0.870 bits per heavy atom. The summed E-state index contributed by atoms with van der Waals surface area (Å²) in [5.41, 5.74) is 9.89. The van der Waals surface area contributed by atoms with E-state index in [1.54, 1.807) is 5.56 Å². The molecule has 0 bridgehead atoms. The van der Waals surface area contributed by atoms with Crippen LogP contribution < -0.4 is 0 Å². The Morgan fingerprint density at radius 3 is 2.39 bits per heavy atom. The van der Waals surface area contributed by atoms with E-state index in [2.05, 4.69) is 73.1 Å². The van der Waals surface area contributed by atoms with Crippen molar-refractivity contribution in [2.45, 2.75) is 19.8 Å². The Bertz CT molecular complexity index is 1060. The molecule has 0 saturated heterocycles. The molecule has 23 heavy (non-hydrogen) atoms. The van der Waals surface area contributed by atoms with Crippen LogP contribution in [0.1, 0.15) is 16.7 Å². The average molecular weight is 297 g/mol. The van der Waals surface area contributed by atoms with Crippen molar-refractivity contribution in [3.63, 3.8) is 0 Å². The van der Waals surface area contributed by atoms with Gasteiger partial charge in [-0.05, 0) is 54.2 Å². The van der Waals surface area contributed by atoms with E-state index < -0.39 is 0 Å². The van der Waals surface area contributed by atoms with Gasteiger partial charge in [-0.3, -0.25) is 0 Å². The molecule has 0 radical (unpaired) electrons. The molecule has 0 fully saturated rings. The van der Waals surface area contributed by atoms with Gasteiger partial charge in [0.25, 0.3) is 0 Å². The van der Waals surface area contributed by atoms with Crippen LogP contribution >= 0.6 is 0 Å². The summed E-state index contributed by atoms with van der Waals surface area (Å²) in [6.07, 6.45) is 2.42. The molecule has 1 nitrogen and oxygen atoms in total. The zero-order valence-corrected chi connectivity index (χ0v) is 13.6. The van der Waals surface area contributed by atoms with Crippen molar-refractivity contribution in [3.8, 4) is 11.1 Å². The fourth-order valence-electron chi connectivity index (χ4n) is 4.04. The molecule has 4 aromatic rings. The van der Waals surface area contributed by atoms with E-state index in [9.17, 15) is 0 Å². The highest BCUT2D eigenvalue weighted by Gasteiger charge is 2.24. The maximum atomic E-state index is 2.41. The van der Waals surface area contributed by atoms with Gasteiger partial charge in [0.05, 0.1) is 0 Å². The molecule has 0 aliphatic heterocycles. The van der Waals surface area contributed by atoms with E-state index in [1.165, 1.54) is 56.9 Å². The Morgan fingerprint density at radius 2 is 1.65 bits per heavy atom. The molecule has 3 aromatic carbocycles. The van der Waals surface area contributed by atoms with Gasteiger partial charge in [0.1, 0.15) is 0 Å². The summed E-state index contributed by atoms with van der Waals surface area (Å²) in [6.45, 7) is 2.15. The minimum Gasteiger partial charge on any atom is -0.344 e. The molecule has 1 aromatic heterocycles. The lowest BCUT2D eigenvalue weighted by molar-refractivity contribution is 0.844. The van der Waals surface area contributed by atoms with Crippen molar-refractivity contribution in [2.75, 3.05) is 0 Å². The molecule has 1 heterocycles. The normalized spacial score (nSPS) is 13.3. The van der Waals surface area contributed by atoms with Crippen LogP contribution in [-0.2, 0) is 19.9 Å². The largest absolute Gasteiger partial charge is 0.344 e. The number of aromatic nitrogens is 1. The van der Waals surface area contributed by atoms with E-state index in [1.807, 2.05) is 0 Å². The Hall–Kier alpha value is -2.54. The van der Waals surface area contributed by atoms with E-state index in [-0.39, 0.29) is 0 Å². The Labute approximate surface area is 136 Å². The SMILES string of the molecule is Cc1ccc(-c2c3c(cc4c2c2ccccc2n4C)CC3)cc1. The van der Waals surface area contributed by atoms with E-state index in [4.69, 9.17) is 0 Å². The van der Waals surface area contributed by atoms with Crippen LogP contribution in [0.5, 0.6) is 0 Å². The highest BCUT2D eigenvalue weighted by Crippen LogP contribution is 2.43. The van der Waals surface area contributed by atoms with Gasteiger partial charge < -0.3 is 4.57 Å². The monoisotopic (exact) mass is 297 g/mol. The second-order valence-corrected chi connectivity index (χ2v) is 6.73. The van der Waals surface area contributed by atoms with Crippen molar-refractivity contribution < 1.29 is 0 Å². The maximum Gasteiger partial charge on any atom is 0.0498 e. The molecule has 0 unspecified atom stereocenters. The molecule has 0 amide bonds. The van der Waals surface area contributed by atoms with Gasteiger partial charge in [0.15, 0.2) is 0 Å². The lowest BCUT2D eigenvalue weighted by Gasteiger charge is -2.24. The van der Waals surface area contributed by atoms with Crippen molar-refractivity contribution in [1.82, 2.24) is 4.57 Å². The summed E-state index contributed by atoms with van der Waals surface area (Å²) < 4.78 is 2.35. The van der Waals surface area contributed by atoms with E-state index in [0.29, 0.717) is 0 Å². The third-order valence-corrected chi connectivity index (χ3v) is 5.39. The first kappa shape index (κ1) is 13.0. The number of hydrogen-bond donors (Lipinski definition) is 0. The first-order chi connectivity index (χ1) is 11.2. The van der Waals surface area contributed by atoms with Crippen LogP contribution in [0, 0.1) is 6.92 Å². The van der Waals surface area contributed by atoms with Crippen molar-refractivity contribution in [1.29, 1.82) is 0 Å². The standard InChI is InChI=1S/C22H19N/c1-14-7-9-15(10-8-14)21-17-12-11-16(17)13-20-22(21)18-5-3-4-6-19(18)23(20)2/h3-10,13H,11-12H2,1-2H3. The minimum atomic E-state index is 1.21. The first-order valence-electron chi connectivity index (χ1n) is 8.33. The van der Waals surface area contributed by atoms with Crippen LogP contribution in [0.2, 0.25) is 0 Å². The molecule has 0 spiro atoms. The molecular formula is C22H19N. The number of para-hydroxylation sites is 1. The molecule has 1 heteroatoms. The fraction of sp³-hybridized carbons (Fsp3) is 0.182. The number of fused-ring (bicyclic) bond motifs is 4. The number of benzene rings is 3. The highest BCUT2D eigenvalue weighted by molar-refractivity contribution is 6.16. The Kier molecular flexibility index (Phi) is 2.52. The van der Waals surface area contributed by atoms with Gasteiger partial charge in [-0.2, -0.15) is 0 Å². The summed E-state index contributed by atoms with van der Waals surface area (Å²) in [5, 5.41) is 2.79. The van der Waals surface area contributed by atoms with Crippen LogP contribution in [0.4, 0.5) is 0 Å². The Balaban J connectivity index is 1.99. The van der Waals surface area contributed by atoms with Gasteiger partial charge >= 0.3 is 0 Å². The lowest BCUT2D eigenvalue weighted by atomic mass is 9.80. The maximum absolute atomic E-state index is 2.41. The van der Waals surface area contributed by atoms with Crippen molar-refractivity contribution in [3.05, 3.63) is 71.3 Å².